The fraction of sp³-hybridized carbons (Fsp3) is 0.643. The minimum Gasteiger partial charge on any atom is -0.269 e. The summed E-state index contributed by atoms with van der Waals surface area (Å²) in [5.41, 5.74) is 1.83. The number of halogens is 1. The van der Waals surface area contributed by atoms with Crippen molar-refractivity contribution in [2.75, 3.05) is 0 Å². The molecule has 20 heavy (non-hydrogen) atoms. The van der Waals surface area contributed by atoms with Crippen molar-refractivity contribution in [1.29, 1.82) is 0 Å². The van der Waals surface area contributed by atoms with Gasteiger partial charge in [-0.15, -0.1) is 16.7 Å². The first kappa shape index (κ1) is 13.6. The zero-order chi connectivity index (χ0) is 13.9. The van der Waals surface area contributed by atoms with Crippen molar-refractivity contribution in [2.24, 2.45) is 0 Å². The van der Waals surface area contributed by atoms with Gasteiger partial charge in [-0.2, -0.15) is 5.10 Å². The van der Waals surface area contributed by atoms with Gasteiger partial charge in [-0.3, -0.25) is 4.68 Å². The normalized spacial score (nSPS) is 18.3. The Morgan fingerprint density at radius 1 is 1.35 bits per heavy atom. The lowest BCUT2D eigenvalue weighted by Crippen LogP contribution is -2.13. The predicted molar refractivity (Wildman–Crippen MR) is 77.7 cm³/mol. The van der Waals surface area contributed by atoms with Crippen LogP contribution in [0.2, 0.25) is 0 Å². The smallest absolute Gasteiger partial charge is 0.100 e. The maximum Gasteiger partial charge on any atom is 0.100 e. The first-order chi connectivity index (χ1) is 9.72. The quantitative estimate of drug-likeness (QED) is 0.813. The third-order valence-corrected chi connectivity index (χ3v) is 4.12. The molecule has 1 saturated carbocycles. The topological polar surface area (TPSA) is 48.5 Å². The van der Waals surface area contributed by atoms with Crippen LogP contribution in [0.3, 0.4) is 0 Å². The summed E-state index contributed by atoms with van der Waals surface area (Å²) in [5, 5.41) is 12.7. The number of hydrogen-bond acceptors (Lipinski definition) is 3. The van der Waals surface area contributed by atoms with E-state index >= 15 is 0 Å². The SMILES string of the molecule is CC(Cl)c1cn(Cc2ccn(C3CCCCC3)n2)nn1. The summed E-state index contributed by atoms with van der Waals surface area (Å²) in [4.78, 5) is 0. The molecule has 108 valence electrons. The molecule has 0 N–H and O–H groups in total. The maximum absolute atomic E-state index is 5.99. The Hall–Kier alpha value is -1.36. The molecular weight excluding hydrogens is 274 g/mol. The first-order valence-electron chi connectivity index (χ1n) is 7.30. The Kier molecular flexibility index (Phi) is 4.05. The lowest BCUT2D eigenvalue weighted by atomic mass is 9.96. The minimum atomic E-state index is -0.108. The van der Waals surface area contributed by atoms with Crippen LogP contribution in [0.25, 0.3) is 0 Å². The molecule has 6 heteroatoms. The summed E-state index contributed by atoms with van der Waals surface area (Å²) in [5.74, 6) is 0. The summed E-state index contributed by atoms with van der Waals surface area (Å²) in [6.45, 7) is 2.55. The van der Waals surface area contributed by atoms with Gasteiger partial charge in [-0.25, -0.2) is 4.68 Å². The van der Waals surface area contributed by atoms with Gasteiger partial charge < -0.3 is 0 Å². The molecule has 0 spiro atoms. The lowest BCUT2D eigenvalue weighted by Gasteiger charge is -2.21. The average Bonchev–Trinajstić information content (AvgIpc) is 3.10. The van der Waals surface area contributed by atoms with Gasteiger partial charge in [-0.05, 0) is 25.8 Å². The number of alkyl halides is 1. The largest absolute Gasteiger partial charge is 0.269 e. The molecule has 0 bridgehead atoms. The lowest BCUT2D eigenvalue weighted by molar-refractivity contribution is 0.327. The van der Waals surface area contributed by atoms with E-state index in [1.807, 2.05) is 13.1 Å². The second kappa shape index (κ2) is 5.95. The zero-order valence-corrected chi connectivity index (χ0v) is 12.5. The minimum absolute atomic E-state index is 0.108. The van der Waals surface area contributed by atoms with Gasteiger partial charge in [0.15, 0.2) is 0 Å². The van der Waals surface area contributed by atoms with Gasteiger partial charge in [0.05, 0.1) is 29.9 Å². The monoisotopic (exact) mass is 293 g/mol. The Balaban J connectivity index is 1.66. The highest BCUT2D eigenvalue weighted by Crippen LogP contribution is 2.27. The van der Waals surface area contributed by atoms with Crippen molar-refractivity contribution in [1.82, 2.24) is 24.8 Å². The molecule has 2 heterocycles. The van der Waals surface area contributed by atoms with Crippen molar-refractivity contribution in [3.8, 4) is 0 Å². The van der Waals surface area contributed by atoms with E-state index in [0.717, 1.165) is 11.4 Å². The van der Waals surface area contributed by atoms with Crippen LogP contribution in [0.15, 0.2) is 18.5 Å². The van der Waals surface area contributed by atoms with Gasteiger partial charge in [0.2, 0.25) is 0 Å². The summed E-state index contributed by atoms with van der Waals surface area (Å²) >= 11 is 5.99. The second-order valence-corrected chi connectivity index (χ2v) is 6.19. The van der Waals surface area contributed by atoms with Crippen LogP contribution in [0.5, 0.6) is 0 Å². The van der Waals surface area contributed by atoms with Gasteiger partial charge in [0.25, 0.3) is 0 Å². The van der Waals surface area contributed by atoms with Crippen molar-refractivity contribution in [2.45, 2.75) is 57.0 Å². The first-order valence-corrected chi connectivity index (χ1v) is 7.74. The van der Waals surface area contributed by atoms with Gasteiger partial charge in [-0.1, -0.05) is 24.5 Å². The summed E-state index contributed by atoms with van der Waals surface area (Å²) in [7, 11) is 0. The molecule has 3 rings (SSSR count). The van der Waals surface area contributed by atoms with E-state index in [0.29, 0.717) is 12.6 Å². The second-order valence-electron chi connectivity index (χ2n) is 5.54. The number of rotatable bonds is 4. The molecule has 2 aromatic rings. The van der Waals surface area contributed by atoms with Gasteiger partial charge in [0.1, 0.15) is 5.69 Å². The highest BCUT2D eigenvalue weighted by Gasteiger charge is 2.16. The van der Waals surface area contributed by atoms with E-state index in [2.05, 4.69) is 32.4 Å². The highest BCUT2D eigenvalue weighted by atomic mass is 35.5. The van der Waals surface area contributed by atoms with Crippen LogP contribution in [0, 0.1) is 0 Å². The van der Waals surface area contributed by atoms with E-state index in [-0.39, 0.29) is 5.38 Å². The molecule has 2 aromatic heterocycles. The molecule has 0 radical (unpaired) electrons. The molecule has 1 unspecified atom stereocenters. The maximum atomic E-state index is 5.99. The van der Waals surface area contributed by atoms with E-state index in [4.69, 9.17) is 11.6 Å². The fourth-order valence-corrected chi connectivity index (χ4v) is 2.85. The standard InChI is InChI=1S/C14H20ClN5/c1-11(15)14-10-19(18-16-14)9-12-7-8-20(17-12)13-5-3-2-4-6-13/h7-8,10-11,13H,2-6,9H2,1H3. The van der Waals surface area contributed by atoms with Gasteiger partial charge in [0, 0.05) is 6.20 Å². The average molecular weight is 294 g/mol. The summed E-state index contributed by atoms with van der Waals surface area (Å²) < 4.78 is 3.91. The van der Waals surface area contributed by atoms with Crippen molar-refractivity contribution in [3.63, 3.8) is 0 Å². The number of aromatic nitrogens is 5. The third kappa shape index (κ3) is 3.03. The van der Waals surface area contributed by atoms with Crippen molar-refractivity contribution >= 4 is 11.6 Å². The summed E-state index contributed by atoms with van der Waals surface area (Å²) in [6, 6.07) is 2.65. The van der Waals surface area contributed by atoms with Crippen LogP contribution in [-0.4, -0.2) is 24.8 Å². The van der Waals surface area contributed by atoms with Crippen LogP contribution in [0.1, 0.15) is 61.8 Å². The molecule has 1 aliphatic rings. The molecule has 0 aliphatic heterocycles. The number of hydrogen-bond donors (Lipinski definition) is 0. The number of nitrogens with zero attached hydrogens (tertiary/aromatic N) is 5. The highest BCUT2D eigenvalue weighted by molar-refractivity contribution is 6.20. The van der Waals surface area contributed by atoms with Crippen LogP contribution >= 0.6 is 11.6 Å². The zero-order valence-electron chi connectivity index (χ0n) is 11.7. The molecule has 1 aliphatic carbocycles. The molecule has 0 aromatic carbocycles. The van der Waals surface area contributed by atoms with Crippen LogP contribution < -0.4 is 0 Å². The molecule has 1 fully saturated rings. The predicted octanol–water partition coefficient (Wildman–Crippen LogP) is 3.33. The molecule has 0 saturated heterocycles. The van der Waals surface area contributed by atoms with Crippen molar-refractivity contribution in [3.05, 3.63) is 29.8 Å². The fourth-order valence-electron chi connectivity index (χ4n) is 2.75. The summed E-state index contributed by atoms with van der Waals surface area (Å²) in [6.07, 6.45) is 10.5. The van der Waals surface area contributed by atoms with E-state index < -0.39 is 0 Å². The Morgan fingerprint density at radius 3 is 2.85 bits per heavy atom. The van der Waals surface area contributed by atoms with E-state index in [1.54, 1.807) is 4.68 Å². The van der Waals surface area contributed by atoms with E-state index in [9.17, 15) is 0 Å². The van der Waals surface area contributed by atoms with E-state index in [1.165, 1.54) is 32.1 Å². The van der Waals surface area contributed by atoms with Crippen molar-refractivity contribution < 1.29 is 0 Å². The Morgan fingerprint density at radius 2 is 2.15 bits per heavy atom. The Labute approximate surface area is 123 Å². The molecule has 1 atom stereocenters. The molecule has 5 nitrogen and oxygen atoms in total. The van der Waals surface area contributed by atoms with Crippen LogP contribution in [0.4, 0.5) is 0 Å². The molecular formula is C14H20ClN5. The van der Waals surface area contributed by atoms with Gasteiger partial charge >= 0.3 is 0 Å². The van der Waals surface area contributed by atoms with Crippen LogP contribution in [-0.2, 0) is 6.54 Å². The Bertz CT molecular complexity index is 553. The third-order valence-electron chi connectivity index (χ3n) is 3.90. The molecule has 0 amide bonds.